The van der Waals surface area contributed by atoms with Gasteiger partial charge in [-0.3, -0.25) is 4.79 Å². The van der Waals surface area contributed by atoms with Gasteiger partial charge in [0, 0.05) is 18.6 Å². The molecule has 5 aliphatic rings. The zero-order valence-corrected chi connectivity index (χ0v) is 17.2. The number of carbonyl (C=O) groups is 1. The summed E-state index contributed by atoms with van der Waals surface area (Å²) in [5.41, 5.74) is 0.192. The van der Waals surface area contributed by atoms with Crippen LogP contribution in [0, 0.1) is 17.8 Å². The van der Waals surface area contributed by atoms with E-state index in [4.69, 9.17) is 0 Å². The first-order chi connectivity index (χ1) is 13.5. The van der Waals surface area contributed by atoms with Crippen LogP contribution in [-0.2, 0) is 10.0 Å². The molecule has 1 aromatic carbocycles. The molecule has 6 rings (SSSR count). The van der Waals surface area contributed by atoms with E-state index in [-0.39, 0.29) is 16.3 Å². The maximum absolute atomic E-state index is 13.3. The molecular formula is C22H30N2O3S. The molecule has 4 bridgehead atoms. The number of nitrogens with zero attached hydrogens (tertiary/aromatic N) is 1. The average molecular weight is 403 g/mol. The normalized spacial score (nSPS) is 35.1. The van der Waals surface area contributed by atoms with Crippen molar-refractivity contribution in [2.24, 2.45) is 17.8 Å². The number of sulfonamides is 1. The lowest BCUT2D eigenvalue weighted by Gasteiger charge is -2.56. The van der Waals surface area contributed by atoms with Gasteiger partial charge < -0.3 is 5.32 Å². The fraction of sp³-hybridized carbons (Fsp3) is 0.682. The summed E-state index contributed by atoms with van der Waals surface area (Å²) in [6.45, 7) is 1.10. The molecule has 1 aromatic rings. The number of carbonyl (C=O) groups excluding carboxylic acids is 1. The summed E-state index contributed by atoms with van der Waals surface area (Å²) in [7, 11) is -3.63. The number of piperidine rings is 1. The van der Waals surface area contributed by atoms with Crippen molar-refractivity contribution < 1.29 is 13.2 Å². The molecule has 4 aliphatic carbocycles. The fourth-order valence-electron chi connectivity index (χ4n) is 6.70. The summed E-state index contributed by atoms with van der Waals surface area (Å²) in [6, 6.07) is 6.76. The van der Waals surface area contributed by atoms with Crippen molar-refractivity contribution in [3.8, 4) is 0 Å². The van der Waals surface area contributed by atoms with Crippen molar-refractivity contribution >= 4 is 15.9 Å². The van der Waals surface area contributed by atoms with E-state index in [1.165, 1.54) is 19.3 Å². The van der Waals surface area contributed by atoms with Crippen LogP contribution in [0.5, 0.6) is 0 Å². The lowest BCUT2D eigenvalue weighted by Crippen LogP contribution is -2.60. The maximum Gasteiger partial charge on any atom is 0.253 e. The van der Waals surface area contributed by atoms with Crippen LogP contribution >= 0.6 is 0 Å². The number of hydrogen-bond donors (Lipinski definition) is 1. The molecule has 4 saturated carbocycles. The minimum atomic E-state index is -3.63. The first kappa shape index (κ1) is 18.6. The van der Waals surface area contributed by atoms with Crippen LogP contribution in [0.1, 0.15) is 68.1 Å². The molecule has 1 saturated heterocycles. The molecule has 5 nitrogen and oxygen atoms in total. The summed E-state index contributed by atoms with van der Waals surface area (Å²) in [4.78, 5) is 13.5. The van der Waals surface area contributed by atoms with Crippen LogP contribution in [0.3, 0.4) is 0 Å². The van der Waals surface area contributed by atoms with Gasteiger partial charge in [-0.25, -0.2) is 8.42 Å². The average Bonchev–Trinajstić information content (AvgIpc) is 2.67. The van der Waals surface area contributed by atoms with Gasteiger partial charge >= 0.3 is 0 Å². The molecule has 1 amide bonds. The molecule has 0 aromatic heterocycles. The van der Waals surface area contributed by atoms with Crippen LogP contribution in [0.25, 0.3) is 0 Å². The second kappa shape index (κ2) is 6.84. The molecule has 152 valence electrons. The van der Waals surface area contributed by atoms with E-state index in [1.807, 2.05) is 0 Å². The van der Waals surface area contributed by atoms with Gasteiger partial charge in [0.1, 0.15) is 0 Å². The van der Waals surface area contributed by atoms with E-state index in [9.17, 15) is 13.2 Å². The third kappa shape index (κ3) is 3.18. The first-order valence-electron chi connectivity index (χ1n) is 10.9. The maximum atomic E-state index is 13.3. The summed E-state index contributed by atoms with van der Waals surface area (Å²) in [6.07, 6.45) is 9.98. The molecule has 28 heavy (non-hydrogen) atoms. The van der Waals surface area contributed by atoms with E-state index in [0.717, 1.165) is 56.3 Å². The molecule has 6 heteroatoms. The highest BCUT2D eigenvalue weighted by molar-refractivity contribution is 7.89. The Morgan fingerprint density at radius 3 is 2.11 bits per heavy atom. The minimum absolute atomic E-state index is 0.117. The Hall–Kier alpha value is -1.40. The van der Waals surface area contributed by atoms with E-state index in [0.29, 0.717) is 18.7 Å². The third-order valence-corrected chi connectivity index (χ3v) is 9.44. The van der Waals surface area contributed by atoms with Crippen LogP contribution in [0.4, 0.5) is 0 Å². The molecule has 1 N–H and O–H groups in total. The molecule has 1 heterocycles. The zero-order valence-electron chi connectivity index (χ0n) is 16.4. The molecule has 0 atom stereocenters. The molecule has 0 radical (unpaired) electrons. The number of benzene rings is 1. The van der Waals surface area contributed by atoms with Crippen molar-refractivity contribution in [1.29, 1.82) is 0 Å². The monoisotopic (exact) mass is 402 g/mol. The SMILES string of the molecule is O=C(NC12CC3CC(CC(C3)C1)C2)c1ccccc1S(=O)(=O)N1CCCCC1. The van der Waals surface area contributed by atoms with Crippen LogP contribution < -0.4 is 5.32 Å². The zero-order chi connectivity index (χ0) is 19.4. The Balaban J connectivity index is 1.42. The predicted octanol–water partition coefficient (Wildman–Crippen LogP) is 3.56. The Labute approximate surface area is 167 Å². The fourth-order valence-corrected chi connectivity index (χ4v) is 8.40. The highest BCUT2D eigenvalue weighted by atomic mass is 32.2. The quantitative estimate of drug-likeness (QED) is 0.837. The smallest absolute Gasteiger partial charge is 0.253 e. The number of hydrogen-bond acceptors (Lipinski definition) is 3. The van der Waals surface area contributed by atoms with Crippen molar-refractivity contribution in [3.63, 3.8) is 0 Å². The van der Waals surface area contributed by atoms with Gasteiger partial charge in [-0.1, -0.05) is 18.6 Å². The van der Waals surface area contributed by atoms with Crippen LogP contribution in [0.2, 0.25) is 0 Å². The van der Waals surface area contributed by atoms with Gasteiger partial charge in [-0.05, 0) is 81.3 Å². The standard InChI is InChI=1S/C22H30N2O3S/c25-21(23-22-13-16-10-17(14-22)12-18(11-16)15-22)19-6-2-3-7-20(19)28(26,27)24-8-4-1-5-9-24/h2-3,6-7,16-18H,1,4-5,8-15H2,(H,23,25). The molecule has 0 unspecified atom stereocenters. The third-order valence-electron chi connectivity index (χ3n) is 7.48. The Bertz CT molecular complexity index is 838. The minimum Gasteiger partial charge on any atom is -0.347 e. The van der Waals surface area contributed by atoms with Crippen LogP contribution in [-0.4, -0.2) is 37.3 Å². The number of amides is 1. The van der Waals surface area contributed by atoms with Crippen molar-refractivity contribution in [2.75, 3.05) is 13.1 Å². The van der Waals surface area contributed by atoms with Crippen molar-refractivity contribution in [3.05, 3.63) is 29.8 Å². The van der Waals surface area contributed by atoms with Crippen molar-refractivity contribution in [1.82, 2.24) is 9.62 Å². The molecule has 1 aliphatic heterocycles. The molecule has 0 spiro atoms. The van der Waals surface area contributed by atoms with Crippen LogP contribution in [0.15, 0.2) is 29.2 Å². The number of nitrogens with one attached hydrogen (secondary N) is 1. The Morgan fingerprint density at radius 1 is 0.929 bits per heavy atom. The Kier molecular flexibility index (Phi) is 4.55. The first-order valence-corrected chi connectivity index (χ1v) is 12.3. The Morgan fingerprint density at radius 2 is 1.50 bits per heavy atom. The van der Waals surface area contributed by atoms with Gasteiger partial charge in [-0.2, -0.15) is 4.31 Å². The predicted molar refractivity (Wildman–Crippen MR) is 107 cm³/mol. The lowest BCUT2D eigenvalue weighted by atomic mass is 9.53. The molecule has 5 fully saturated rings. The van der Waals surface area contributed by atoms with E-state index in [1.54, 1.807) is 28.6 Å². The largest absolute Gasteiger partial charge is 0.347 e. The van der Waals surface area contributed by atoms with E-state index < -0.39 is 10.0 Å². The summed E-state index contributed by atoms with van der Waals surface area (Å²) >= 11 is 0. The lowest BCUT2D eigenvalue weighted by molar-refractivity contribution is -0.0167. The second-order valence-electron chi connectivity index (χ2n) is 9.61. The highest BCUT2D eigenvalue weighted by Gasteiger charge is 2.51. The summed E-state index contributed by atoms with van der Waals surface area (Å²) < 4.78 is 28.0. The molecular weight excluding hydrogens is 372 g/mol. The van der Waals surface area contributed by atoms with Gasteiger partial charge in [0.2, 0.25) is 10.0 Å². The van der Waals surface area contributed by atoms with Gasteiger partial charge in [-0.15, -0.1) is 0 Å². The van der Waals surface area contributed by atoms with Gasteiger partial charge in [0.15, 0.2) is 0 Å². The second-order valence-corrected chi connectivity index (χ2v) is 11.5. The van der Waals surface area contributed by atoms with E-state index >= 15 is 0 Å². The van der Waals surface area contributed by atoms with Gasteiger partial charge in [0.25, 0.3) is 5.91 Å². The van der Waals surface area contributed by atoms with Crippen molar-refractivity contribution in [2.45, 2.75) is 68.2 Å². The summed E-state index contributed by atoms with van der Waals surface area (Å²) in [5, 5.41) is 3.33. The highest BCUT2D eigenvalue weighted by Crippen LogP contribution is 2.55. The van der Waals surface area contributed by atoms with E-state index in [2.05, 4.69) is 5.32 Å². The van der Waals surface area contributed by atoms with Gasteiger partial charge in [0.05, 0.1) is 10.5 Å². The summed E-state index contributed by atoms with van der Waals surface area (Å²) in [5.74, 6) is 2.00. The topological polar surface area (TPSA) is 66.5 Å². The number of rotatable bonds is 4.